The molecular weight excluding hydrogens is 210 g/mol. The van der Waals surface area contributed by atoms with Gasteiger partial charge in [-0.3, -0.25) is 0 Å². The molecule has 2 amide bonds. The second-order valence-electron chi connectivity index (χ2n) is 4.97. The first-order valence-electron chi connectivity index (χ1n) is 5.26. The minimum atomic E-state index is -0.642. The van der Waals surface area contributed by atoms with Crippen LogP contribution in [0.5, 0.6) is 0 Å². The van der Waals surface area contributed by atoms with E-state index in [0.29, 0.717) is 6.61 Å². The Morgan fingerprint density at radius 2 is 2.19 bits per heavy atom. The fraction of sp³-hybridized carbons (Fsp3) is 0.636. The van der Waals surface area contributed by atoms with Crippen molar-refractivity contribution >= 4 is 12.2 Å². The molecule has 2 atom stereocenters. The lowest BCUT2D eigenvalue weighted by Gasteiger charge is -2.41. The molecule has 5 heteroatoms. The number of hydrogen-bond donors (Lipinski definition) is 0. The number of rotatable bonds is 0. The van der Waals surface area contributed by atoms with Crippen LogP contribution in [0, 0.1) is 5.92 Å². The molecule has 0 spiro atoms. The fourth-order valence-electron chi connectivity index (χ4n) is 1.67. The molecule has 1 aliphatic heterocycles. The fourth-order valence-corrected chi connectivity index (χ4v) is 1.67. The van der Waals surface area contributed by atoms with Gasteiger partial charge in [-0.15, -0.1) is 0 Å². The maximum Gasteiger partial charge on any atom is 0.420 e. The standard InChI is InChI=1S/C11H15NO4/c1-11(2,3)16-10(14)12-8-5-4-7(8)6-15-9(12)13/h4-5,7-8H,6H2,1-3H3/t7-,8-/m0/s1. The lowest BCUT2D eigenvalue weighted by atomic mass is 9.88. The molecule has 0 unspecified atom stereocenters. The van der Waals surface area contributed by atoms with Gasteiger partial charge in [0.25, 0.3) is 0 Å². The summed E-state index contributed by atoms with van der Waals surface area (Å²) >= 11 is 0. The molecular formula is C11H15NO4. The van der Waals surface area contributed by atoms with E-state index >= 15 is 0 Å². The Hall–Kier alpha value is -1.52. The van der Waals surface area contributed by atoms with Gasteiger partial charge in [0.05, 0.1) is 6.04 Å². The SMILES string of the molecule is CC(C)(C)OC(=O)N1C(=O)OC[C@@H]2C=C[C@@H]21. The zero-order valence-electron chi connectivity index (χ0n) is 9.60. The van der Waals surface area contributed by atoms with Crippen LogP contribution in [0.2, 0.25) is 0 Å². The van der Waals surface area contributed by atoms with Crippen molar-refractivity contribution in [1.82, 2.24) is 4.90 Å². The molecule has 0 aromatic carbocycles. The highest BCUT2D eigenvalue weighted by atomic mass is 16.6. The first kappa shape index (κ1) is 11.0. The number of ether oxygens (including phenoxy) is 2. The monoisotopic (exact) mass is 225 g/mol. The van der Waals surface area contributed by atoms with Crippen molar-refractivity contribution in [3.63, 3.8) is 0 Å². The van der Waals surface area contributed by atoms with Gasteiger partial charge in [-0.05, 0) is 20.8 Å². The van der Waals surface area contributed by atoms with Crippen LogP contribution in [-0.2, 0) is 9.47 Å². The van der Waals surface area contributed by atoms with Crippen molar-refractivity contribution in [2.24, 2.45) is 5.92 Å². The molecule has 5 nitrogen and oxygen atoms in total. The van der Waals surface area contributed by atoms with Crippen LogP contribution in [0.15, 0.2) is 12.2 Å². The molecule has 0 aromatic rings. The van der Waals surface area contributed by atoms with E-state index in [1.807, 2.05) is 12.2 Å². The van der Waals surface area contributed by atoms with Gasteiger partial charge < -0.3 is 9.47 Å². The third-order valence-electron chi connectivity index (χ3n) is 2.48. The average Bonchev–Trinajstić information content (AvgIpc) is 2.06. The Kier molecular flexibility index (Phi) is 2.40. The number of amides is 2. The van der Waals surface area contributed by atoms with Gasteiger partial charge in [0.1, 0.15) is 12.2 Å². The van der Waals surface area contributed by atoms with E-state index in [1.54, 1.807) is 20.8 Å². The number of fused-ring (bicyclic) bond motifs is 1. The van der Waals surface area contributed by atoms with Gasteiger partial charge in [0, 0.05) is 5.92 Å². The summed E-state index contributed by atoms with van der Waals surface area (Å²) in [6, 6.07) is -0.198. The van der Waals surface area contributed by atoms with Crippen LogP contribution in [0.4, 0.5) is 9.59 Å². The van der Waals surface area contributed by atoms with Crippen molar-refractivity contribution in [1.29, 1.82) is 0 Å². The first-order chi connectivity index (χ1) is 7.38. The van der Waals surface area contributed by atoms with Gasteiger partial charge in [-0.2, -0.15) is 0 Å². The van der Waals surface area contributed by atoms with Crippen LogP contribution < -0.4 is 0 Å². The largest absolute Gasteiger partial charge is 0.448 e. The zero-order valence-corrected chi connectivity index (χ0v) is 9.60. The summed E-state index contributed by atoms with van der Waals surface area (Å²) < 4.78 is 10.0. The number of nitrogens with zero attached hydrogens (tertiary/aromatic N) is 1. The second kappa shape index (κ2) is 3.50. The molecule has 0 bridgehead atoms. The number of carbonyl (C=O) groups is 2. The molecule has 1 heterocycles. The van der Waals surface area contributed by atoms with Crippen LogP contribution in [0.25, 0.3) is 0 Å². The summed E-state index contributed by atoms with van der Waals surface area (Å²) in [4.78, 5) is 24.3. The summed E-state index contributed by atoms with van der Waals surface area (Å²) in [5.41, 5.74) is -0.613. The maximum absolute atomic E-state index is 11.8. The first-order valence-corrected chi connectivity index (χ1v) is 5.26. The number of imide groups is 1. The molecule has 1 fully saturated rings. The van der Waals surface area contributed by atoms with Crippen molar-refractivity contribution < 1.29 is 19.1 Å². The number of carbonyl (C=O) groups excluding carboxylic acids is 2. The smallest absolute Gasteiger partial charge is 0.420 e. The Morgan fingerprint density at radius 1 is 1.50 bits per heavy atom. The average molecular weight is 225 g/mol. The molecule has 2 rings (SSSR count). The molecule has 1 aliphatic carbocycles. The van der Waals surface area contributed by atoms with Gasteiger partial charge >= 0.3 is 12.2 Å². The van der Waals surface area contributed by atoms with Gasteiger partial charge in [-0.1, -0.05) is 12.2 Å². The number of hydrogen-bond acceptors (Lipinski definition) is 4. The molecule has 0 aromatic heterocycles. The molecule has 88 valence electrons. The van der Waals surface area contributed by atoms with E-state index in [4.69, 9.17) is 9.47 Å². The van der Waals surface area contributed by atoms with E-state index in [9.17, 15) is 9.59 Å². The van der Waals surface area contributed by atoms with Crippen molar-refractivity contribution in [3.05, 3.63) is 12.2 Å². The highest BCUT2D eigenvalue weighted by molar-refractivity contribution is 5.89. The second-order valence-corrected chi connectivity index (χ2v) is 4.97. The lowest BCUT2D eigenvalue weighted by molar-refractivity contribution is -0.00951. The molecule has 0 N–H and O–H groups in total. The predicted octanol–water partition coefficient (Wildman–Crippen LogP) is 1.93. The van der Waals surface area contributed by atoms with E-state index < -0.39 is 17.8 Å². The van der Waals surface area contributed by atoms with Gasteiger partial charge in [0.15, 0.2) is 0 Å². The van der Waals surface area contributed by atoms with Gasteiger partial charge in [0.2, 0.25) is 0 Å². The summed E-state index contributed by atoms with van der Waals surface area (Å²) in [7, 11) is 0. The molecule has 0 radical (unpaired) electrons. The zero-order chi connectivity index (χ0) is 11.9. The van der Waals surface area contributed by atoms with Crippen LogP contribution in [0.1, 0.15) is 20.8 Å². The number of cyclic esters (lactones) is 1. The highest BCUT2D eigenvalue weighted by Gasteiger charge is 2.44. The van der Waals surface area contributed by atoms with Crippen LogP contribution in [-0.4, -0.2) is 35.3 Å². The third-order valence-corrected chi connectivity index (χ3v) is 2.48. The van der Waals surface area contributed by atoms with Crippen LogP contribution in [0.3, 0.4) is 0 Å². The van der Waals surface area contributed by atoms with Crippen molar-refractivity contribution in [3.8, 4) is 0 Å². The lowest BCUT2D eigenvalue weighted by Crippen LogP contribution is -2.56. The summed E-state index contributed by atoms with van der Waals surface area (Å²) in [5.74, 6) is 0.116. The Bertz CT molecular complexity index is 355. The molecule has 0 saturated carbocycles. The Labute approximate surface area is 94.0 Å². The topological polar surface area (TPSA) is 55.8 Å². The van der Waals surface area contributed by atoms with E-state index in [-0.39, 0.29) is 12.0 Å². The minimum Gasteiger partial charge on any atom is -0.448 e. The van der Waals surface area contributed by atoms with E-state index in [2.05, 4.69) is 0 Å². The molecule has 2 aliphatic rings. The summed E-state index contributed by atoms with van der Waals surface area (Å²) in [6.45, 7) is 5.62. The molecule has 16 heavy (non-hydrogen) atoms. The maximum atomic E-state index is 11.8. The summed E-state index contributed by atoms with van der Waals surface area (Å²) in [5, 5.41) is 0. The van der Waals surface area contributed by atoms with E-state index in [1.165, 1.54) is 0 Å². The normalized spacial score (nSPS) is 27.9. The Morgan fingerprint density at radius 3 is 2.69 bits per heavy atom. The highest BCUT2D eigenvalue weighted by Crippen LogP contribution is 2.30. The third kappa shape index (κ3) is 1.89. The summed E-state index contributed by atoms with van der Waals surface area (Å²) in [6.07, 6.45) is 2.47. The quantitative estimate of drug-likeness (QED) is 0.591. The van der Waals surface area contributed by atoms with Crippen molar-refractivity contribution in [2.45, 2.75) is 32.4 Å². The van der Waals surface area contributed by atoms with Gasteiger partial charge in [-0.25, -0.2) is 14.5 Å². The van der Waals surface area contributed by atoms with Crippen molar-refractivity contribution in [2.75, 3.05) is 6.61 Å². The molecule has 1 saturated heterocycles. The minimum absolute atomic E-state index is 0.116. The van der Waals surface area contributed by atoms with E-state index in [0.717, 1.165) is 4.90 Å². The predicted molar refractivity (Wildman–Crippen MR) is 55.8 cm³/mol. The van der Waals surface area contributed by atoms with Crippen LogP contribution >= 0.6 is 0 Å². The Balaban J connectivity index is 2.10.